The van der Waals surface area contributed by atoms with E-state index in [0.29, 0.717) is 6.54 Å². The molecule has 3 nitrogen and oxygen atoms in total. The lowest BCUT2D eigenvalue weighted by Gasteiger charge is -2.03. The number of amides is 1. The van der Waals surface area contributed by atoms with Crippen molar-refractivity contribution in [2.75, 3.05) is 6.54 Å². The lowest BCUT2D eigenvalue weighted by atomic mass is 10.2. The van der Waals surface area contributed by atoms with Gasteiger partial charge >= 0.3 is 0 Å². The molecule has 0 aliphatic rings. The van der Waals surface area contributed by atoms with Gasteiger partial charge in [0.2, 0.25) is 5.91 Å². The van der Waals surface area contributed by atoms with Crippen molar-refractivity contribution in [1.82, 2.24) is 10.3 Å². The Morgan fingerprint density at radius 1 is 1.47 bits per heavy atom. The van der Waals surface area contributed by atoms with Gasteiger partial charge in [-0.2, -0.15) is 0 Å². The van der Waals surface area contributed by atoms with Crippen molar-refractivity contribution in [3.05, 3.63) is 44.0 Å². The van der Waals surface area contributed by atoms with Crippen LogP contribution in [0.3, 0.4) is 0 Å². The first-order chi connectivity index (χ1) is 9.15. The van der Waals surface area contributed by atoms with E-state index in [9.17, 15) is 4.79 Å². The Bertz CT molecular complexity index is 570. The molecule has 0 bridgehead atoms. The second-order valence-corrected chi connectivity index (χ2v) is 6.25. The van der Waals surface area contributed by atoms with E-state index in [4.69, 9.17) is 0 Å². The van der Waals surface area contributed by atoms with Crippen LogP contribution in [-0.4, -0.2) is 17.4 Å². The van der Waals surface area contributed by atoms with Crippen LogP contribution in [0.4, 0.5) is 0 Å². The Hall–Kier alpha value is -1.46. The summed E-state index contributed by atoms with van der Waals surface area (Å²) in [5.41, 5.74) is 1.78. The Morgan fingerprint density at radius 3 is 2.95 bits per heavy atom. The monoisotopic (exact) mass is 292 g/mol. The van der Waals surface area contributed by atoms with Gasteiger partial charge in [-0.15, -0.1) is 22.7 Å². The quantitative estimate of drug-likeness (QED) is 0.859. The van der Waals surface area contributed by atoms with Gasteiger partial charge in [0.15, 0.2) is 0 Å². The van der Waals surface area contributed by atoms with Crippen LogP contribution in [0.25, 0.3) is 6.08 Å². The smallest absolute Gasteiger partial charge is 0.246 e. The summed E-state index contributed by atoms with van der Waals surface area (Å²) in [6, 6.07) is 3.98. The van der Waals surface area contributed by atoms with Crippen molar-refractivity contribution in [2.24, 2.45) is 0 Å². The summed E-state index contributed by atoms with van der Waals surface area (Å²) in [5.74, 6) is -0.0136. The number of hydrogen-bond acceptors (Lipinski definition) is 4. The number of nitrogens with one attached hydrogen (secondary N) is 1. The summed E-state index contributed by atoms with van der Waals surface area (Å²) >= 11 is 3.27. The van der Waals surface area contributed by atoms with Crippen LogP contribution in [0, 0.1) is 6.92 Å². The van der Waals surface area contributed by atoms with E-state index in [0.717, 1.165) is 27.6 Å². The van der Waals surface area contributed by atoms with Gasteiger partial charge in [-0.05, 0) is 31.4 Å². The summed E-state index contributed by atoms with van der Waals surface area (Å²) in [6.45, 7) is 4.44. The molecule has 0 saturated carbocycles. The highest BCUT2D eigenvalue weighted by atomic mass is 32.1. The number of nitrogens with zero attached hydrogens (tertiary/aromatic N) is 1. The summed E-state index contributed by atoms with van der Waals surface area (Å²) < 4.78 is 0. The molecule has 1 N–H and O–H groups in total. The number of thiazole rings is 1. The molecule has 2 aromatic heterocycles. The van der Waals surface area contributed by atoms with Gasteiger partial charge in [0, 0.05) is 28.8 Å². The maximum atomic E-state index is 11.9. The third kappa shape index (κ3) is 4.29. The zero-order chi connectivity index (χ0) is 13.7. The van der Waals surface area contributed by atoms with Crippen molar-refractivity contribution in [3.63, 3.8) is 0 Å². The molecule has 0 aromatic carbocycles. The first kappa shape index (κ1) is 14.0. The first-order valence-corrected chi connectivity index (χ1v) is 7.82. The van der Waals surface area contributed by atoms with Gasteiger partial charge in [0.05, 0.1) is 10.7 Å². The van der Waals surface area contributed by atoms with Crippen molar-refractivity contribution in [1.29, 1.82) is 0 Å². The average molecular weight is 292 g/mol. The lowest BCUT2D eigenvalue weighted by molar-refractivity contribution is -0.117. The molecular formula is C14H16N2OS2. The van der Waals surface area contributed by atoms with E-state index in [1.165, 1.54) is 0 Å². The second kappa shape index (κ2) is 6.63. The van der Waals surface area contributed by atoms with Gasteiger partial charge in [0.1, 0.15) is 0 Å². The summed E-state index contributed by atoms with van der Waals surface area (Å²) in [6.07, 6.45) is 2.69. The molecule has 2 rings (SSSR count). The average Bonchev–Trinajstić information content (AvgIpc) is 3.01. The van der Waals surface area contributed by atoms with Crippen LogP contribution < -0.4 is 5.32 Å². The van der Waals surface area contributed by atoms with Crippen molar-refractivity contribution in [3.8, 4) is 0 Å². The summed E-state index contributed by atoms with van der Waals surface area (Å²) in [5, 5.41) is 8.02. The Kier molecular flexibility index (Phi) is 4.87. The standard InChI is InChI=1S/C14H16N2OS2/c1-10(8-13-4-3-7-18-13)14(17)15-6-5-12-9-19-11(2)16-12/h3-4,7-9H,5-6H2,1-2H3,(H,15,17)/b10-8+. The number of aromatic nitrogens is 1. The third-order valence-electron chi connectivity index (χ3n) is 2.59. The van der Waals surface area contributed by atoms with Crippen LogP contribution in [0.15, 0.2) is 28.5 Å². The second-order valence-electron chi connectivity index (χ2n) is 4.21. The largest absolute Gasteiger partial charge is 0.352 e. The summed E-state index contributed by atoms with van der Waals surface area (Å²) in [4.78, 5) is 17.3. The zero-order valence-electron chi connectivity index (χ0n) is 11.0. The Morgan fingerprint density at radius 2 is 2.32 bits per heavy atom. The normalized spacial score (nSPS) is 11.6. The van der Waals surface area contributed by atoms with E-state index in [1.807, 2.05) is 42.8 Å². The minimum absolute atomic E-state index is 0.0136. The van der Waals surface area contributed by atoms with Crippen LogP contribution in [0.2, 0.25) is 0 Å². The van der Waals surface area contributed by atoms with Crippen molar-refractivity contribution in [2.45, 2.75) is 20.3 Å². The SMILES string of the molecule is C/C(=C\c1cccs1)C(=O)NCCc1csc(C)n1. The van der Waals surface area contributed by atoms with Gasteiger partial charge < -0.3 is 5.32 Å². The first-order valence-electron chi connectivity index (χ1n) is 6.06. The summed E-state index contributed by atoms with van der Waals surface area (Å²) in [7, 11) is 0. The molecule has 0 atom stereocenters. The molecule has 0 aliphatic carbocycles. The molecule has 19 heavy (non-hydrogen) atoms. The highest BCUT2D eigenvalue weighted by molar-refractivity contribution is 7.10. The Labute approximate surface area is 121 Å². The van der Waals surface area contributed by atoms with Gasteiger partial charge in [-0.25, -0.2) is 4.98 Å². The predicted octanol–water partition coefficient (Wildman–Crippen LogP) is 3.28. The van der Waals surface area contributed by atoms with E-state index in [2.05, 4.69) is 10.3 Å². The number of carbonyl (C=O) groups excluding carboxylic acids is 1. The fourth-order valence-electron chi connectivity index (χ4n) is 1.62. The molecular weight excluding hydrogens is 276 g/mol. The number of rotatable bonds is 5. The highest BCUT2D eigenvalue weighted by Gasteiger charge is 2.05. The molecule has 2 aromatic rings. The number of carbonyl (C=O) groups is 1. The maximum Gasteiger partial charge on any atom is 0.246 e. The van der Waals surface area contributed by atoms with Crippen LogP contribution in [-0.2, 0) is 11.2 Å². The molecule has 5 heteroatoms. The van der Waals surface area contributed by atoms with Gasteiger partial charge in [-0.1, -0.05) is 6.07 Å². The highest BCUT2D eigenvalue weighted by Crippen LogP contribution is 2.13. The zero-order valence-corrected chi connectivity index (χ0v) is 12.6. The molecule has 2 heterocycles. The van der Waals surface area contributed by atoms with E-state index >= 15 is 0 Å². The maximum absolute atomic E-state index is 11.9. The van der Waals surface area contributed by atoms with Crippen molar-refractivity contribution >= 4 is 34.7 Å². The lowest BCUT2D eigenvalue weighted by Crippen LogP contribution is -2.26. The number of hydrogen-bond donors (Lipinski definition) is 1. The van der Waals surface area contributed by atoms with Crippen LogP contribution in [0.1, 0.15) is 22.5 Å². The number of aryl methyl sites for hydroxylation is 1. The minimum atomic E-state index is -0.0136. The molecule has 0 fully saturated rings. The van der Waals surface area contributed by atoms with Gasteiger partial charge in [0.25, 0.3) is 0 Å². The van der Waals surface area contributed by atoms with E-state index < -0.39 is 0 Å². The van der Waals surface area contributed by atoms with E-state index in [1.54, 1.807) is 22.7 Å². The molecule has 0 unspecified atom stereocenters. The molecule has 100 valence electrons. The van der Waals surface area contributed by atoms with Crippen LogP contribution >= 0.6 is 22.7 Å². The molecule has 0 spiro atoms. The fourth-order valence-corrected chi connectivity index (χ4v) is 2.98. The Balaban J connectivity index is 1.81. The topological polar surface area (TPSA) is 42.0 Å². The minimum Gasteiger partial charge on any atom is -0.352 e. The van der Waals surface area contributed by atoms with Gasteiger partial charge in [-0.3, -0.25) is 4.79 Å². The third-order valence-corrected chi connectivity index (χ3v) is 4.24. The van der Waals surface area contributed by atoms with E-state index in [-0.39, 0.29) is 5.91 Å². The fraction of sp³-hybridized carbons (Fsp3) is 0.286. The number of thiophene rings is 1. The molecule has 1 amide bonds. The van der Waals surface area contributed by atoms with Crippen LogP contribution in [0.5, 0.6) is 0 Å². The molecule has 0 saturated heterocycles. The molecule has 0 aliphatic heterocycles. The predicted molar refractivity (Wildman–Crippen MR) is 81.5 cm³/mol. The molecule has 0 radical (unpaired) electrons. The van der Waals surface area contributed by atoms with Crippen molar-refractivity contribution < 1.29 is 4.79 Å².